The Morgan fingerprint density at radius 3 is 3.12 bits per heavy atom. The monoisotopic (exact) mass is 219 g/mol. The van der Waals surface area contributed by atoms with Gasteiger partial charge in [-0.3, -0.25) is 0 Å². The van der Waals surface area contributed by atoms with Gasteiger partial charge in [0.15, 0.2) is 0 Å². The fourth-order valence-electron chi connectivity index (χ4n) is 2.56. The second-order valence-electron chi connectivity index (χ2n) is 4.51. The molecule has 3 rings (SSSR count). The molecule has 1 aromatic rings. The van der Waals surface area contributed by atoms with Gasteiger partial charge in [-0.15, -0.1) is 0 Å². The van der Waals surface area contributed by atoms with Crippen LogP contribution in [0.25, 0.3) is 0 Å². The van der Waals surface area contributed by atoms with E-state index in [1.165, 1.54) is 11.3 Å². The Kier molecular flexibility index (Phi) is 2.61. The van der Waals surface area contributed by atoms with Crippen LogP contribution in [0.3, 0.4) is 0 Å². The summed E-state index contributed by atoms with van der Waals surface area (Å²) < 4.78 is 5.74. The van der Waals surface area contributed by atoms with Gasteiger partial charge in [-0.05, 0) is 19.8 Å². The fourth-order valence-corrected chi connectivity index (χ4v) is 2.56. The average molecular weight is 219 g/mol. The molecule has 0 amide bonds. The zero-order chi connectivity index (χ0) is 11.0. The minimum Gasteiger partial charge on any atom is -0.372 e. The van der Waals surface area contributed by atoms with E-state index in [4.69, 9.17) is 4.74 Å². The van der Waals surface area contributed by atoms with E-state index in [-0.39, 0.29) is 6.10 Å². The highest BCUT2D eigenvalue weighted by Gasteiger charge is 2.25. The van der Waals surface area contributed by atoms with Crippen molar-refractivity contribution in [2.24, 2.45) is 0 Å². The van der Waals surface area contributed by atoms with Crippen LogP contribution in [0, 0.1) is 6.92 Å². The van der Waals surface area contributed by atoms with Gasteiger partial charge in [0.2, 0.25) is 0 Å². The Labute approximate surface area is 95.4 Å². The van der Waals surface area contributed by atoms with Crippen LogP contribution in [0.4, 0.5) is 0 Å². The topological polar surface area (TPSA) is 47.0 Å². The molecule has 2 aliphatic rings. The molecule has 0 spiro atoms. The maximum atomic E-state index is 5.74. The molecule has 1 fully saturated rings. The predicted octanol–water partition coefficient (Wildman–Crippen LogP) is 1.28. The SMILES string of the molecule is Cc1nc2c(c(C3CCCO3)n1)CNCC2. The maximum absolute atomic E-state index is 5.74. The molecule has 1 saturated heterocycles. The number of hydrogen-bond donors (Lipinski definition) is 1. The standard InChI is InChI=1S/C12H17N3O/c1-8-14-10-4-5-13-7-9(10)12(15-8)11-3-2-6-16-11/h11,13H,2-7H2,1H3. The molecular weight excluding hydrogens is 202 g/mol. The lowest BCUT2D eigenvalue weighted by Crippen LogP contribution is -2.27. The molecule has 2 aliphatic heterocycles. The largest absolute Gasteiger partial charge is 0.372 e. The predicted molar refractivity (Wildman–Crippen MR) is 60.1 cm³/mol. The van der Waals surface area contributed by atoms with Gasteiger partial charge in [-0.25, -0.2) is 9.97 Å². The Bertz CT molecular complexity index is 399. The van der Waals surface area contributed by atoms with E-state index in [1.54, 1.807) is 0 Å². The molecule has 0 saturated carbocycles. The summed E-state index contributed by atoms with van der Waals surface area (Å²) in [5.74, 6) is 0.881. The van der Waals surface area contributed by atoms with Crippen molar-refractivity contribution < 1.29 is 4.74 Å². The lowest BCUT2D eigenvalue weighted by atomic mass is 10.0. The number of ether oxygens (including phenoxy) is 1. The highest BCUT2D eigenvalue weighted by molar-refractivity contribution is 5.30. The van der Waals surface area contributed by atoms with Crippen molar-refractivity contribution in [3.63, 3.8) is 0 Å². The Morgan fingerprint density at radius 1 is 1.38 bits per heavy atom. The van der Waals surface area contributed by atoms with Gasteiger partial charge in [0.05, 0.1) is 17.5 Å². The van der Waals surface area contributed by atoms with E-state index in [1.807, 2.05) is 6.92 Å². The first-order valence-corrected chi connectivity index (χ1v) is 6.03. The molecule has 3 heterocycles. The van der Waals surface area contributed by atoms with Gasteiger partial charge in [0, 0.05) is 31.7 Å². The molecule has 86 valence electrons. The Morgan fingerprint density at radius 2 is 2.31 bits per heavy atom. The third kappa shape index (κ3) is 1.72. The van der Waals surface area contributed by atoms with Crippen LogP contribution in [0.5, 0.6) is 0 Å². The first-order chi connectivity index (χ1) is 7.84. The van der Waals surface area contributed by atoms with E-state index in [9.17, 15) is 0 Å². The highest BCUT2D eigenvalue weighted by atomic mass is 16.5. The second kappa shape index (κ2) is 4.11. The molecule has 1 aromatic heterocycles. The van der Waals surface area contributed by atoms with E-state index >= 15 is 0 Å². The van der Waals surface area contributed by atoms with Crippen molar-refractivity contribution in [3.05, 3.63) is 22.8 Å². The van der Waals surface area contributed by atoms with E-state index in [0.717, 1.165) is 50.5 Å². The zero-order valence-electron chi connectivity index (χ0n) is 9.62. The van der Waals surface area contributed by atoms with E-state index in [2.05, 4.69) is 15.3 Å². The Hall–Kier alpha value is -1.00. The number of aromatic nitrogens is 2. The van der Waals surface area contributed by atoms with E-state index in [0.29, 0.717) is 0 Å². The summed E-state index contributed by atoms with van der Waals surface area (Å²) in [6, 6.07) is 0. The first-order valence-electron chi connectivity index (χ1n) is 6.03. The Balaban J connectivity index is 2.04. The molecule has 0 aromatic carbocycles. The molecule has 16 heavy (non-hydrogen) atoms. The maximum Gasteiger partial charge on any atom is 0.125 e. The minimum atomic E-state index is 0.204. The third-order valence-corrected chi connectivity index (χ3v) is 3.31. The second-order valence-corrected chi connectivity index (χ2v) is 4.51. The number of nitrogens with zero attached hydrogens (tertiary/aromatic N) is 2. The molecule has 4 nitrogen and oxygen atoms in total. The number of nitrogens with one attached hydrogen (secondary N) is 1. The van der Waals surface area contributed by atoms with Crippen molar-refractivity contribution in [1.82, 2.24) is 15.3 Å². The fraction of sp³-hybridized carbons (Fsp3) is 0.667. The molecular formula is C12H17N3O. The van der Waals surface area contributed by atoms with Gasteiger partial charge in [0.25, 0.3) is 0 Å². The van der Waals surface area contributed by atoms with Gasteiger partial charge in [-0.2, -0.15) is 0 Å². The van der Waals surface area contributed by atoms with Crippen LogP contribution in [0.15, 0.2) is 0 Å². The molecule has 0 radical (unpaired) electrons. The van der Waals surface area contributed by atoms with Gasteiger partial charge >= 0.3 is 0 Å². The zero-order valence-corrected chi connectivity index (χ0v) is 9.62. The summed E-state index contributed by atoms with van der Waals surface area (Å²) in [5.41, 5.74) is 3.63. The summed E-state index contributed by atoms with van der Waals surface area (Å²) >= 11 is 0. The normalized spacial score (nSPS) is 24.4. The number of rotatable bonds is 1. The summed E-state index contributed by atoms with van der Waals surface area (Å²) in [6.45, 7) is 4.76. The molecule has 4 heteroatoms. The van der Waals surface area contributed by atoms with Gasteiger partial charge < -0.3 is 10.1 Å². The number of hydrogen-bond acceptors (Lipinski definition) is 4. The van der Waals surface area contributed by atoms with Crippen LogP contribution in [0.2, 0.25) is 0 Å². The van der Waals surface area contributed by atoms with Crippen LogP contribution >= 0.6 is 0 Å². The van der Waals surface area contributed by atoms with Crippen LogP contribution in [-0.2, 0) is 17.7 Å². The van der Waals surface area contributed by atoms with Crippen molar-refractivity contribution in [3.8, 4) is 0 Å². The number of fused-ring (bicyclic) bond motifs is 1. The lowest BCUT2D eigenvalue weighted by Gasteiger charge is -2.21. The van der Waals surface area contributed by atoms with Gasteiger partial charge in [-0.1, -0.05) is 0 Å². The quantitative estimate of drug-likeness (QED) is 0.773. The van der Waals surface area contributed by atoms with Crippen molar-refractivity contribution >= 4 is 0 Å². The average Bonchev–Trinajstić information content (AvgIpc) is 2.81. The minimum absolute atomic E-state index is 0.204. The third-order valence-electron chi connectivity index (χ3n) is 3.31. The highest BCUT2D eigenvalue weighted by Crippen LogP contribution is 2.31. The lowest BCUT2D eigenvalue weighted by molar-refractivity contribution is 0.107. The summed E-state index contributed by atoms with van der Waals surface area (Å²) in [6.07, 6.45) is 3.47. The first kappa shape index (κ1) is 10.2. The van der Waals surface area contributed by atoms with Crippen LogP contribution in [-0.4, -0.2) is 23.1 Å². The molecule has 1 N–H and O–H groups in total. The number of aryl methyl sites for hydroxylation is 1. The summed E-state index contributed by atoms with van der Waals surface area (Å²) in [5, 5.41) is 3.39. The van der Waals surface area contributed by atoms with Crippen molar-refractivity contribution in [2.75, 3.05) is 13.2 Å². The van der Waals surface area contributed by atoms with Crippen molar-refractivity contribution in [1.29, 1.82) is 0 Å². The summed E-state index contributed by atoms with van der Waals surface area (Å²) in [7, 11) is 0. The molecule has 0 aliphatic carbocycles. The van der Waals surface area contributed by atoms with Gasteiger partial charge in [0.1, 0.15) is 5.82 Å². The van der Waals surface area contributed by atoms with Crippen LogP contribution in [0.1, 0.15) is 41.7 Å². The molecule has 1 unspecified atom stereocenters. The van der Waals surface area contributed by atoms with E-state index < -0.39 is 0 Å². The van der Waals surface area contributed by atoms with Crippen molar-refractivity contribution in [2.45, 2.75) is 38.8 Å². The molecule has 1 atom stereocenters. The molecule has 0 bridgehead atoms. The smallest absolute Gasteiger partial charge is 0.125 e. The van der Waals surface area contributed by atoms with Crippen LogP contribution < -0.4 is 5.32 Å². The summed E-state index contributed by atoms with van der Waals surface area (Å²) in [4.78, 5) is 9.13.